The third kappa shape index (κ3) is 5.09. The molecule has 4 rings (SSSR count). The molecule has 0 spiro atoms. The van der Waals surface area contributed by atoms with Crippen molar-refractivity contribution in [3.05, 3.63) is 64.4 Å². The molecule has 30 heavy (non-hydrogen) atoms. The SMILES string of the molecule is O=C(N1CCN(Cc2ccccc2Br)CC1)C1(O)CCN(Cc2ccncc2)CC1. The summed E-state index contributed by atoms with van der Waals surface area (Å²) in [6.07, 6.45) is 4.59. The van der Waals surface area contributed by atoms with E-state index in [0.29, 0.717) is 25.9 Å². The summed E-state index contributed by atoms with van der Waals surface area (Å²) in [5.74, 6) is -0.0911. The van der Waals surface area contributed by atoms with E-state index in [4.69, 9.17) is 0 Å². The predicted molar refractivity (Wildman–Crippen MR) is 120 cm³/mol. The molecule has 2 fully saturated rings. The molecule has 0 atom stereocenters. The topological polar surface area (TPSA) is 59.9 Å². The van der Waals surface area contributed by atoms with Crippen molar-refractivity contribution in [2.24, 2.45) is 0 Å². The highest BCUT2D eigenvalue weighted by Crippen LogP contribution is 2.26. The van der Waals surface area contributed by atoms with Gasteiger partial charge < -0.3 is 10.0 Å². The molecule has 2 aliphatic rings. The van der Waals surface area contributed by atoms with Crippen LogP contribution in [-0.4, -0.2) is 75.6 Å². The van der Waals surface area contributed by atoms with Gasteiger partial charge in [-0.1, -0.05) is 34.1 Å². The highest BCUT2D eigenvalue weighted by molar-refractivity contribution is 9.10. The first-order valence-electron chi connectivity index (χ1n) is 10.6. The van der Waals surface area contributed by atoms with E-state index in [1.54, 1.807) is 12.4 Å². The summed E-state index contributed by atoms with van der Waals surface area (Å²) in [4.78, 5) is 23.7. The summed E-state index contributed by atoms with van der Waals surface area (Å²) in [7, 11) is 0. The normalized spacial score (nSPS) is 20.3. The molecular weight excluding hydrogens is 444 g/mol. The minimum atomic E-state index is -1.22. The standard InChI is InChI=1S/C23H29BrN4O2/c24-21-4-2-1-3-20(21)18-27-13-15-28(16-14-27)22(29)23(30)7-11-26(12-8-23)17-19-5-9-25-10-6-19/h1-6,9-10,30H,7-8,11-18H2. The third-order valence-corrected chi connectivity index (χ3v) is 7.02. The summed E-state index contributed by atoms with van der Waals surface area (Å²) in [5, 5.41) is 11.1. The van der Waals surface area contributed by atoms with Gasteiger partial charge in [0.05, 0.1) is 0 Å². The molecule has 6 nitrogen and oxygen atoms in total. The lowest BCUT2D eigenvalue weighted by Crippen LogP contribution is -2.58. The second kappa shape index (κ2) is 9.56. The molecule has 0 aliphatic carbocycles. The molecule has 160 valence electrons. The van der Waals surface area contributed by atoms with Crippen molar-refractivity contribution < 1.29 is 9.90 Å². The van der Waals surface area contributed by atoms with Crippen LogP contribution in [0.4, 0.5) is 0 Å². The van der Waals surface area contributed by atoms with E-state index in [9.17, 15) is 9.90 Å². The van der Waals surface area contributed by atoms with Crippen LogP contribution in [0, 0.1) is 0 Å². The van der Waals surface area contributed by atoms with Crippen LogP contribution in [0.5, 0.6) is 0 Å². The Hall–Kier alpha value is -1.80. The number of halogens is 1. The lowest BCUT2D eigenvalue weighted by molar-refractivity contribution is -0.158. The predicted octanol–water partition coefficient (Wildman–Crippen LogP) is 2.52. The van der Waals surface area contributed by atoms with Gasteiger partial charge in [0.25, 0.3) is 5.91 Å². The van der Waals surface area contributed by atoms with Gasteiger partial charge in [0.2, 0.25) is 0 Å². The maximum Gasteiger partial charge on any atom is 0.254 e. The van der Waals surface area contributed by atoms with Gasteiger partial charge in [-0.2, -0.15) is 0 Å². The Morgan fingerprint density at radius 1 is 0.933 bits per heavy atom. The Labute approximate surface area is 186 Å². The number of piperidine rings is 1. The highest BCUT2D eigenvalue weighted by Gasteiger charge is 2.42. The van der Waals surface area contributed by atoms with Gasteiger partial charge in [0.15, 0.2) is 0 Å². The molecule has 0 radical (unpaired) electrons. The summed E-state index contributed by atoms with van der Waals surface area (Å²) < 4.78 is 1.12. The first-order chi connectivity index (χ1) is 14.5. The van der Waals surface area contributed by atoms with Crippen LogP contribution < -0.4 is 0 Å². The van der Waals surface area contributed by atoms with Crippen molar-refractivity contribution in [2.45, 2.75) is 31.5 Å². The minimum absolute atomic E-state index is 0.0911. The smallest absolute Gasteiger partial charge is 0.254 e. The molecule has 3 heterocycles. The number of piperazine rings is 1. The molecule has 2 aromatic rings. The summed E-state index contributed by atoms with van der Waals surface area (Å²) >= 11 is 3.61. The number of hydrogen-bond donors (Lipinski definition) is 1. The number of carbonyl (C=O) groups excluding carboxylic acids is 1. The first kappa shape index (κ1) is 21.4. The van der Waals surface area contributed by atoms with Crippen molar-refractivity contribution in [2.75, 3.05) is 39.3 Å². The van der Waals surface area contributed by atoms with Gasteiger partial charge in [-0.15, -0.1) is 0 Å². The van der Waals surface area contributed by atoms with E-state index in [1.165, 1.54) is 11.1 Å². The van der Waals surface area contributed by atoms with Crippen LogP contribution in [0.15, 0.2) is 53.3 Å². The average Bonchev–Trinajstić information content (AvgIpc) is 2.78. The van der Waals surface area contributed by atoms with Crippen molar-refractivity contribution in [3.8, 4) is 0 Å². The number of rotatable bonds is 5. The van der Waals surface area contributed by atoms with E-state index in [0.717, 1.165) is 43.7 Å². The van der Waals surface area contributed by atoms with Crippen molar-refractivity contribution in [3.63, 3.8) is 0 Å². The van der Waals surface area contributed by atoms with Crippen LogP contribution >= 0.6 is 15.9 Å². The summed E-state index contributed by atoms with van der Waals surface area (Å²) in [6.45, 7) is 6.17. The van der Waals surface area contributed by atoms with Gasteiger partial charge in [0.1, 0.15) is 5.60 Å². The number of pyridine rings is 1. The molecule has 1 N–H and O–H groups in total. The molecule has 0 saturated carbocycles. The maximum atomic E-state index is 13.1. The second-order valence-corrected chi connectivity index (χ2v) is 9.18. The van der Waals surface area contributed by atoms with Crippen LogP contribution in [0.1, 0.15) is 24.0 Å². The Morgan fingerprint density at radius 2 is 1.57 bits per heavy atom. The molecule has 2 saturated heterocycles. The zero-order valence-corrected chi connectivity index (χ0v) is 18.8. The fraction of sp³-hybridized carbons (Fsp3) is 0.478. The molecule has 2 aliphatic heterocycles. The van der Waals surface area contributed by atoms with Crippen molar-refractivity contribution >= 4 is 21.8 Å². The molecular formula is C23H29BrN4O2. The first-order valence-corrected chi connectivity index (χ1v) is 11.4. The zero-order valence-electron chi connectivity index (χ0n) is 17.2. The zero-order chi connectivity index (χ0) is 21.0. The largest absolute Gasteiger partial charge is 0.380 e. The van der Waals surface area contributed by atoms with Gasteiger partial charge in [-0.3, -0.25) is 19.6 Å². The number of amides is 1. The number of likely N-dealkylation sites (tertiary alicyclic amines) is 1. The Bertz CT molecular complexity index is 847. The molecule has 1 amide bonds. The number of aromatic nitrogens is 1. The van der Waals surface area contributed by atoms with E-state index in [1.807, 2.05) is 23.1 Å². The monoisotopic (exact) mass is 472 g/mol. The van der Waals surface area contributed by atoms with Crippen molar-refractivity contribution in [1.82, 2.24) is 19.7 Å². The van der Waals surface area contributed by atoms with Crippen LogP contribution in [0.2, 0.25) is 0 Å². The Kier molecular flexibility index (Phi) is 6.83. The van der Waals surface area contributed by atoms with E-state index in [2.05, 4.69) is 48.9 Å². The Morgan fingerprint density at radius 3 is 2.23 bits per heavy atom. The van der Waals surface area contributed by atoms with Gasteiger partial charge in [0, 0.05) is 69.2 Å². The second-order valence-electron chi connectivity index (χ2n) is 8.32. The van der Waals surface area contributed by atoms with Gasteiger partial charge >= 0.3 is 0 Å². The van der Waals surface area contributed by atoms with Crippen LogP contribution in [-0.2, 0) is 17.9 Å². The van der Waals surface area contributed by atoms with E-state index >= 15 is 0 Å². The number of aliphatic hydroxyl groups is 1. The number of carbonyl (C=O) groups is 1. The van der Waals surface area contributed by atoms with Crippen LogP contribution in [0.25, 0.3) is 0 Å². The fourth-order valence-corrected chi connectivity index (χ4v) is 4.72. The molecule has 1 aromatic carbocycles. The number of benzene rings is 1. The van der Waals surface area contributed by atoms with E-state index in [-0.39, 0.29) is 5.91 Å². The molecule has 1 aromatic heterocycles. The number of hydrogen-bond acceptors (Lipinski definition) is 5. The van der Waals surface area contributed by atoms with Crippen molar-refractivity contribution in [1.29, 1.82) is 0 Å². The van der Waals surface area contributed by atoms with Gasteiger partial charge in [-0.25, -0.2) is 0 Å². The molecule has 0 bridgehead atoms. The summed E-state index contributed by atoms with van der Waals surface area (Å²) in [5.41, 5.74) is 1.25. The van der Waals surface area contributed by atoms with Gasteiger partial charge in [-0.05, 0) is 42.2 Å². The Balaban J connectivity index is 1.26. The summed E-state index contributed by atoms with van der Waals surface area (Å²) in [6, 6.07) is 12.3. The van der Waals surface area contributed by atoms with E-state index < -0.39 is 5.60 Å². The molecule has 7 heteroatoms. The lowest BCUT2D eigenvalue weighted by Gasteiger charge is -2.42. The highest BCUT2D eigenvalue weighted by atomic mass is 79.9. The van der Waals surface area contributed by atoms with Crippen LogP contribution in [0.3, 0.4) is 0 Å². The maximum absolute atomic E-state index is 13.1. The third-order valence-electron chi connectivity index (χ3n) is 6.25. The quantitative estimate of drug-likeness (QED) is 0.724. The molecule has 0 unspecified atom stereocenters. The number of nitrogens with zero attached hydrogens (tertiary/aromatic N) is 4. The fourth-order valence-electron chi connectivity index (χ4n) is 4.31. The minimum Gasteiger partial charge on any atom is -0.380 e. The lowest BCUT2D eigenvalue weighted by atomic mass is 9.89. The average molecular weight is 473 g/mol.